The summed E-state index contributed by atoms with van der Waals surface area (Å²) in [7, 11) is 0. The van der Waals surface area contributed by atoms with Gasteiger partial charge in [-0.2, -0.15) is 11.8 Å². The predicted octanol–water partition coefficient (Wildman–Crippen LogP) is 2.13. The maximum absolute atomic E-state index is 13.1. The van der Waals surface area contributed by atoms with Crippen LogP contribution in [0.25, 0.3) is 11.4 Å². The van der Waals surface area contributed by atoms with Gasteiger partial charge in [-0.3, -0.25) is 9.59 Å². The van der Waals surface area contributed by atoms with E-state index in [0.29, 0.717) is 40.6 Å². The number of nitrogens with two attached hydrogens (primary N) is 1. The van der Waals surface area contributed by atoms with Gasteiger partial charge in [0.25, 0.3) is 5.91 Å². The monoisotopic (exact) mass is 509 g/mol. The van der Waals surface area contributed by atoms with E-state index in [2.05, 4.69) is 31.0 Å². The number of aryl methyl sites for hydroxylation is 1. The summed E-state index contributed by atoms with van der Waals surface area (Å²) < 4.78 is 5.09. The van der Waals surface area contributed by atoms with Gasteiger partial charge in [0.1, 0.15) is 6.04 Å². The van der Waals surface area contributed by atoms with Crippen LogP contribution in [0, 0.1) is 6.92 Å². The Morgan fingerprint density at radius 3 is 2.25 bits per heavy atom. The first-order valence-corrected chi connectivity index (χ1v) is 12.5. The molecule has 4 N–H and O–H groups in total. The lowest BCUT2D eigenvalue weighted by Crippen LogP contribution is -2.49. The van der Waals surface area contributed by atoms with Crippen molar-refractivity contribution in [2.75, 3.05) is 17.3 Å². The van der Waals surface area contributed by atoms with E-state index in [1.54, 1.807) is 67.2 Å². The van der Waals surface area contributed by atoms with Crippen molar-refractivity contribution < 1.29 is 19.1 Å². The summed E-state index contributed by atoms with van der Waals surface area (Å²) in [5.41, 5.74) is 7.21. The Morgan fingerprint density at radius 2 is 1.64 bits per heavy atom. The number of hydrogen-bond donors (Lipinski definition) is 3. The Kier molecular flexibility index (Phi) is 9.69. The minimum Gasteiger partial charge on any atom is -0.436 e. The number of para-hydroxylation sites is 1. The fourth-order valence-corrected chi connectivity index (χ4v) is 3.72. The summed E-state index contributed by atoms with van der Waals surface area (Å²) in [5, 5.41) is 21.3. The standard InChI is InChI=1S/C24H27N7O4S/c1-15-28-30-21(31-29-15)17-10-8-16(9-11-17)14-20(35-24(25)34)23(33)27-19(12-13-36-2)22(32)26-18-6-4-3-5-7-18/h3-11,19-20H,12-14H2,1-2H3,(H2,25,34)(H,26,32)(H,27,33). The molecule has 188 valence electrons. The molecule has 1 aromatic heterocycles. The minimum atomic E-state index is -1.23. The minimum absolute atomic E-state index is 0.0514. The Hall–Kier alpha value is -4.06. The second-order valence-electron chi connectivity index (χ2n) is 7.80. The molecule has 0 aliphatic heterocycles. The van der Waals surface area contributed by atoms with Crippen LogP contribution in [0.3, 0.4) is 0 Å². The number of primary amides is 1. The number of thioether (sulfide) groups is 1. The van der Waals surface area contributed by atoms with E-state index in [0.717, 1.165) is 0 Å². The summed E-state index contributed by atoms with van der Waals surface area (Å²) in [6.45, 7) is 1.69. The van der Waals surface area contributed by atoms with E-state index in [-0.39, 0.29) is 12.3 Å². The number of ether oxygens (including phenoxy) is 1. The average Bonchev–Trinajstić information content (AvgIpc) is 2.87. The van der Waals surface area contributed by atoms with Crippen molar-refractivity contribution in [1.82, 2.24) is 25.7 Å². The van der Waals surface area contributed by atoms with E-state index in [1.165, 1.54) is 0 Å². The largest absolute Gasteiger partial charge is 0.436 e. The molecule has 0 saturated heterocycles. The normalized spacial score (nSPS) is 12.3. The van der Waals surface area contributed by atoms with E-state index >= 15 is 0 Å². The highest BCUT2D eigenvalue weighted by Crippen LogP contribution is 2.16. The van der Waals surface area contributed by atoms with Crippen molar-refractivity contribution in [1.29, 1.82) is 0 Å². The molecule has 12 heteroatoms. The number of hydrogen-bond acceptors (Lipinski definition) is 9. The molecule has 1 heterocycles. The molecule has 2 aromatic carbocycles. The van der Waals surface area contributed by atoms with Crippen molar-refractivity contribution in [3.63, 3.8) is 0 Å². The van der Waals surface area contributed by atoms with Crippen LogP contribution < -0.4 is 16.4 Å². The highest BCUT2D eigenvalue weighted by Gasteiger charge is 2.28. The quantitative estimate of drug-likeness (QED) is 0.351. The van der Waals surface area contributed by atoms with Gasteiger partial charge in [-0.15, -0.1) is 20.4 Å². The number of benzene rings is 2. The van der Waals surface area contributed by atoms with E-state index < -0.39 is 24.1 Å². The van der Waals surface area contributed by atoms with E-state index in [4.69, 9.17) is 10.5 Å². The molecule has 3 aromatic rings. The van der Waals surface area contributed by atoms with Crippen molar-refractivity contribution in [3.05, 3.63) is 66.0 Å². The Bertz CT molecular complexity index is 1160. The Labute approximate surface area is 212 Å². The van der Waals surface area contributed by atoms with Crippen molar-refractivity contribution >= 4 is 35.4 Å². The molecule has 3 rings (SSSR count). The van der Waals surface area contributed by atoms with Crippen LogP contribution in [0.2, 0.25) is 0 Å². The molecule has 2 atom stereocenters. The van der Waals surface area contributed by atoms with Gasteiger partial charge in [-0.1, -0.05) is 42.5 Å². The van der Waals surface area contributed by atoms with Crippen molar-refractivity contribution in [3.8, 4) is 11.4 Å². The molecule has 11 nitrogen and oxygen atoms in total. The zero-order valence-corrected chi connectivity index (χ0v) is 20.7. The number of carbonyl (C=O) groups excluding carboxylic acids is 3. The highest BCUT2D eigenvalue weighted by atomic mass is 32.2. The van der Waals surface area contributed by atoms with Crippen LogP contribution in [0.1, 0.15) is 17.8 Å². The van der Waals surface area contributed by atoms with Crippen LogP contribution >= 0.6 is 11.8 Å². The van der Waals surface area contributed by atoms with Gasteiger partial charge < -0.3 is 21.1 Å². The van der Waals surface area contributed by atoms with Gasteiger partial charge in [0.15, 0.2) is 11.9 Å². The highest BCUT2D eigenvalue weighted by molar-refractivity contribution is 7.98. The first kappa shape index (κ1) is 26.5. The summed E-state index contributed by atoms with van der Waals surface area (Å²) in [5.74, 6) is 0.464. The molecule has 3 amide bonds. The molecule has 0 aliphatic carbocycles. The number of carbonyl (C=O) groups is 3. The smallest absolute Gasteiger partial charge is 0.405 e. The number of nitrogens with one attached hydrogen (secondary N) is 2. The maximum atomic E-state index is 13.1. The van der Waals surface area contributed by atoms with Gasteiger partial charge in [-0.05, 0) is 43.0 Å². The number of amides is 3. The molecule has 2 unspecified atom stereocenters. The van der Waals surface area contributed by atoms with Gasteiger partial charge in [0.05, 0.1) is 0 Å². The summed E-state index contributed by atoms with van der Waals surface area (Å²) in [4.78, 5) is 37.4. The molecule has 0 bridgehead atoms. The predicted molar refractivity (Wildman–Crippen MR) is 136 cm³/mol. The number of rotatable bonds is 11. The topological polar surface area (TPSA) is 162 Å². The molecular formula is C24H27N7O4S. The first-order chi connectivity index (χ1) is 17.4. The lowest BCUT2D eigenvalue weighted by Gasteiger charge is -2.22. The molecule has 0 aliphatic rings. The van der Waals surface area contributed by atoms with Crippen LogP contribution in [0.4, 0.5) is 10.5 Å². The fraction of sp³-hybridized carbons (Fsp3) is 0.292. The van der Waals surface area contributed by atoms with Crippen molar-refractivity contribution in [2.24, 2.45) is 5.73 Å². The summed E-state index contributed by atoms with van der Waals surface area (Å²) in [6, 6.07) is 15.1. The second kappa shape index (κ2) is 13.1. The second-order valence-corrected chi connectivity index (χ2v) is 8.78. The molecule has 36 heavy (non-hydrogen) atoms. The molecule has 0 saturated carbocycles. The number of anilines is 1. The molecule has 0 spiro atoms. The van der Waals surface area contributed by atoms with Crippen LogP contribution in [-0.2, 0) is 20.7 Å². The van der Waals surface area contributed by atoms with Gasteiger partial charge in [-0.25, -0.2) is 4.79 Å². The number of nitrogens with zero attached hydrogens (tertiary/aromatic N) is 4. The Morgan fingerprint density at radius 1 is 0.972 bits per heavy atom. The van der Waals surface area contributed by atoms with E-state index in [9.17, 15) is 14.4 Å². The molecule has 0 radical (unpaired) electrons. The van der Waals surface area contributed by atoms with Crippen LogP contribution in [0.15, 0.2) is 54.6 Å². The van der Waals surface area contributed by atoms with Gasteiger partial charge in [0.2, 0.25) is 11.7 Å². The zero-order valence-electron chi connectivity index (χ0n) is 19.9. The first-order valence-electron chi connectivity index (χ1n) is 11.1. The third-order valence-corrected chi connectivity index (χ3v) is 5.69. The molecule has 0 fully saturated rings. The summed E-state index contributed by atoms with van der Waals surface area (Å²) >= 11 is 1.55. The molecular weight excluding hydrogens is 482 g/mol. The SMILES string of the molecule is CSCCC(NC(=O)C(Cc1ccc(-c2nnc(C)nn2)cc1)OC(N)=O)C(=O)Nc1ccccc1. The lowest BCUT2D eigenvalue weighted by molar-refractivity contribution is -0.132. The van der Waals surface area contributed by atoms with Gasteiger partial charge in [0, 0.05) is 17.7 Å². The van der Waals surface area contributed by atoms with Gasteiger partial charge >= 0.3 is 6.09 Å². The maximum Gasteiger partial charge on any atom is 0.405 e. The summed E-state index contributed by atoms with van der Waals surface area (Å²) in [6.07, 6.45) is 0.0302. The van der Waals surface area contributed by atoms with Crippen LogP contribution in [-0.4, -0.2) is 62.5 Å². The lowest BCUT2D eigenvalue weighted by atomic mass is 10.0. The Balaban J connectivity index is 1.71. The third kappa shape index (κ3) is 8.01. The number of aromatic nitrogens is 4. The van der Waals surface area contributed by atoms with E-state index in [1.807, 2.05) is 12.3 Å². The zero-order chi connectivity index (χ0) is 25.9. The van der Waals surface area contributed by atoms with Crippen molar-refractivity contribution in [2.45, 2.75) is 31.9 Å². The average molecular weight is 510 g/mol. The third-order valence-electron chi connectivity index (χ3n) is 5.05. The fourth-order valence-electron chi connectivity index (χ4n) is 3.25. The van der Waals surface area contributed by atoms with Crippen LogP contribution in [0.5, 0.6) is 0 Å².